The molecule has 5 rings (SSSR count). The largest absolute Gasteiger partial charge is 0.480 e. The van der Waals surface area contributed by atoms with Crippen LogP contribution < -0.4 is 10.1 Å². The number of alkyl halides is 1. The van der Waals surface area contributed by atoms with Crippen molar-refractivity contribution >= 4 is 33.9 Å². The molecule has 0 aliphatic heterocycles. The highest BCUT2D eigenvalue weighted by Crippen LogP contribution is 2.36. The Balaban J connectivity index is 1.54. The number of hydrogen-bond acceptors (Lipinski definition) is 5. The van der Waals surface area contributed by atoms with Gasteiger partial charge in [0.1, 0.15) is 23.2 Å². The van der Waals surface area contributed by atoms with E-state index >= 15 is 0 Å². The second kappa shape index (κ2) is 5.76. The number of methoxy groups -OCH3 is 1. The number of amides is 1. The van der Waals surface area contributed by atoms with Crippen LogP contribution in [0.4, 0.5) is 10.2 Å². The summed E-state index contributed by atoms with van der Waals surface area (Å²) in [6.07, 6.45) is 2.62. The van der Waals surface area contributed by atoms with Gasteiger partial charge in [0.15, 0.2) is 5.65 Å². The Hall–Kier alpha value is -3.49. The summed E-state index contributed by atoms with van der Waals surface area (Å²) in [6, 6.07) is 5.43. The lowest BCUT2D eigenvalue weighted by Gasteiger charge is -2.07. The molecule has 0 saturated heterocycles. The molecule has 4 aromatic heterocycles. The highest BCUT2D eigenvalue weighted by atomic mass is 19.1. The summed E-state index contributed by atoms with van der Waals surface area (Å²) in [4.78, 5) is 31.0. The van der Waals surface area contributed by atoms with Crippen LogP contribution in [0.5, 0.6) is 5.88 Å². The summed E-state index contributed by atoms with van der Waals surface area (Å²) in [5.74, 6) is -0.0470. The van der Waals surface area contributed by atoms with Gasteiger partial charge in [-0.05, 0) is 24.6 Å². The smallest absolute Gasteiger partial charge is 0.231 e. The fourth-order valence-electron chi connectivity index (χ4n) is 3.15. The molecule has 1 amide bonds. The monoisotopic (exact) mass is 366 g/mol. The minimum absolute atomic E-state index is 0.281. The number of rotatable bonds is 4. The second-order valence-corrected chi connectivity index (χ2v) is 6.46. The number of anilines is 1. The van der Waals surface area contributed by atoms with Crippen LogP contribution in [-0.2, 0) is 4.79 Å². The number of fused-ring (bicyclic) bond motifs is 2. The molecular weight excluding hydrogens is 351 g/mol. The minimum Gasteiger partial charge on any atom is -0.480 e. The fraction of sp³-hybridized carbons (Fsp3) is 0.222. The molecule has 4 heterocycles. The zero-order chi connectivity index (χ0) is 18.5. The van der Waals surface area contributed by atoms with Gasteiger partial charge in [0.05, 0.1) is 19.4 Å². The van der Waals surface area contributed by atoms with Gasteiger partial charge in [-0.25, -0.2) is 14.4 Å². The van der Waals surface area contributed by atoms with E-state index in [9.17, 15) is 9.18 Å². The van der Waals surface area contributed by atoms with Crippen molar-refractivity contribution in [3.63, 3.8) is 0 Å². The zero-order valence-electron chi connectivity index (χ0n) is 14.3. The Bertz CT molecular complexity index is 1180. The van der Waals surface area contributed by atoms with E-state index in [-0.39, 0.29) is 12.3 Å². The summed E-state index contributed by atoms with van der Waals surface area (Å²) >= 11 is 0. The summed E-state index contributed by atoms with van der Waals surface area (Å²) in [5.41, 5.74) is 3.60. The molecule has 1 aliphatic carbocycles. The van der Waals surface area contributed by atoms with Crippen LogP contribution >= 0.6 is 0 Å². The molecule has 0 radical (unpaired) electrons. The van der Waals surface area contributed by atoms with Crippen molar-refractivity contribution < 1.29 is 13.9 Å². The van der Waals surface area contributed by atoms with Gasteiger partial charge in [0.2, 0.25) is 11.8 Å². The Morgan fingerprint density at radius 2 is 2.11 bits per heavy atom. The molecule has 1 aliphatic rings. The number of pyridine rings is 2. The first-order chi connectivity index (χ1) is 13.1. The highest BCUT2D eigenvalue weighted by Gasteiger charge is 2.43. The van der Waals surface area contributed by atoms with Crippen molar-refractivity contribution in [1.82, 2.24) is 24.9 Å². The minimum atomic E-state index is -1.04. The van der Waals surface area contributed by atoms with Gasteiger partial charge in [0, 0.05) is 22.7 Å². The number of H-pyrrole nitrogens is 2. The van der Waals surface area contributed by atoms with Crippen LogP contribution in [0.3, 0.4) is 0 Å². The quantitative estimate of drug-likeness (QED) is 0.515. The van der Waals surface area contributed by atoms with Crippen LogP contribution in [0, 0.1) is 5.92 Å². The average molecular weight is 366 g/mol. The summed E-state index contributed by atoms with van der Waals surface area (Å²) in [7, 11) is 1.56. The molecule has 4 aromatic rings. The normalized spacial score (nSPS) is 18.7. The van der Waals surface area contributed by atoms with Crippen molar-refractivity contribution in [2.45, 2.75) is 12.6 Å². The van der Waals surface area contributed by atoms with Crippen LogP contribution in [0.1, 0.15) is 6.42 Å². The van der Waals surface area contributed by atoms with Crippen molar-refractivity contribution in [2.75, 3.05) is 12.4 Å². The zero-order valence-corrected chi connectivity index (χ0v) is 14.3. The van der Waals surface area contributed by atoms with E-state index in [0.29, 0.717) is 23.0 Å². The van der Waals surface area contributed by atoms with Gasteiger partial charge in [-0.15, -0.1) is 0 Å². The first-order valence-electron chi connectivity index (χ1n) is 8.45. The Morgan fingerprint density at radius 1 is 1.26 bits per heavy atom. The third-order valence-corrected chi connectivity index (χ3v) is 4.70. The third-order valence-electron chi connectivity index (χ3n) is 4.70. The van der Waals surface area contributed by atoms with E-state index in [1.165, 1.54) is 0 Å². The maximum atomic E-state index is 13.0. The number of imidazole rings is 1. The molecule has 8 nitrogen and oxygen atoms in total. The SMILES string of the molecule is COc1nc2[nH]cnc2cc1-c1c[nH]c2nc(NC(=O)[C@@H]3C[C@@H]3F)ccc12. The maximum Gasteiger partial charge on any atom is 0.231 e. The molecule has 0 spiro atoms. The molecule has 0 bridgehead atoms. The lowest BCUT2D eigenvalue weighted by Crippen LogP contribution is -2.15. The number of aromatic nitrogens is 5. The highest BCUT2D eigenvalue weighted by molar-refractivity contribution is 5.99. The number of nitrogens with zero attached hydrogens (tertiary/aromatic N) is 3. The lowest BCUT2D eigenvalue weighted by molar-refractivity contribution is -0.117. The summed E-state index contributed by atoms with van der Waals surface area (Å²) < 4.78 is 18.4. The molecule has 9 heteroatoms. The molecule has 136 valence electrons. The lowest BCUT2D eigenvalue weighted by atomic mass is 10.1. The van der Waals surface area contributed by atoms with E-state index < -0.39 is 12.1 Å². The Morgan fingerprint density at radius 3 is 2.89 bits per heavy atom. The predicted molar refractivity (Wildman–Crippen MR) is 97.2 cm³/mol. The number of nitrogens with one attached hydrogen (secondary N) is 3. The van der Waals surface area contributed by atoms with Crippen LogP contribution in [0.2, 0.25) is 0 Å². The summed E-state index contributed by atoms with van der Waals surface area (Å²) in [6.45, 7) is 0. The van der Waals surface area contributed by atoms with Gasteiger partial charge in [0.25, 0.3) is 0 Å². The van der Waals surface area contributed by atoms with Gasteiger partial charge < -0.3 is 20.0 Å². The van der Waals surface area contributed by atoms with Crippen molar-refractivity contribution in [3.05, 3.63) is 30.7 Å². The molecule has 0 unspecified atom stereocenters. The first kappa shape index (κ1) is 15.7. The van der Waals surface area contributed by atoms with Crippen molar-refractivity contribution in [1.29, 1.82) is 0 Å². The van der Waals surface area contributed by atoms with E-state index in [2.05, 4.69) is 30.2 Å². The fourth-order valence-corrected chi connectivity index (χ4v) is 3.15. The number of aromatic amines is 2. The Kier molecular flexibility index (Phi) is 3.36. The van der Waals surface area contributed by atoms with Crippen molar-refractivity contribution in [3.8, 4) is 17.0 Å². The maximum absolute atomic E-state index is 13.0. The number of carbonyl (C=O) groups excluding carboxylic acids is 1. The predicted octanol–water partition coefficient (Wildman–Crippen LogP) is 2.81. The number of halogens is 1. The van der Waals surface area contributed by atoms with Crippen LogP contribution in [0.15, 0.2) is 30.7 Å². The van der Waals surface area contributed by atoms with Crippen LogP contribution in [-0.4, -0.2) is 44.1 Å². The second-order valence-electron chi connectivity index (χ2n) is 6.46. The molecule has 27 heavy (non-hydrogen) atoms. The van der Waals surface area contributed by atoms with Gasteiger partial charge in [-0.1, -0.05) is 0 Å². The number of hydrogen-bond donors (Lipinski definition) is 3. The molecular formula is C18H15FN6O2. The first-order valence-corrected chi connectivity index (χ1v) is 8.45. The summed E-state index contributed by atoms with van der Waals surface area (Å²) in [5, 5.41) is 3.50. The van der Waals surface area contributed by atoms with Crippen molar-refractivity contribution in [2.24, 2.45) is 5.92 Å². The Labute approximate surface area is 152 Å². The molecule has 1 fully saturated rings. The van der Waals surface area contributed by atoms with Crippen LogP contribution in [0.25, 0.3) is 33.3 Å². The van der Waals surface area contributed by atoms with E-state index in [0.717, 1.165) is 22.0 Å². The molecule has 3 N–H and O–H groups in total. The standard InChI is InChI=1S/C18H15FN6O2/c1-27-18-9(5-13-16(25-18)22-7-21-13)11-6-20-15-8(11)2-3-14(23-15)24-17(26)10-4-12(10)19/h2-3,5-7,10,12H,4H2,1H3,(H,21,22,25)(H2,20,23,24,26)/t10-,12+/m1/s1. The van der Waals surface area contributed by atoms with Gasteiger partial charge in [-0.3, -0.25) is 4.79 Å². The van der Waals surface area contributed by atoms with E-state index in [1.807, 2.05) is 12.1 Å². The molecule has 1 saturated carbocycles. The van der Waals surface area contributed by atoms with E-state index in [1.54, 1.807) is 25.7 Å². The topological polar surface area (TPSA) is 109 Å². The molecule has 2 atom stereocenters. The number of carbonyl (C=O) groups is 1. The van der Waals surface area contributed by atoms with Gasteiger partial charge >= 0.3 is 0 Å². The van der Waals surface area contributed by atoms with E-state index in [4.69, 9.17) is 4.74 Å². The third kappa shape index (κ3) is 2.59. The van der Waals surface area contributed by atoms with Gasteiger partial charge in [-0.2, -0.15) is 4.98 Å². The molecule has 0 aromatic carbocycles. The average Bonchev–Trinajstić information content (AvgIpc) is 3.07. The number of ether oxygens (including phenoxy) is 1.